The third-order valence-electron chi connectivity index (χ3n) is 3.34. The number of non-ortho nitro benzene ring substituents is 1. The Bertz CT molecular complexity index is 519. The number of carbonyl (C=O) groups excluding carboxylic acids is 1. The summed E-state index contributed by atoms with van der Waals surface area (Å²) in [5.41, 5.74) is 0.825. The molecule has 1 aromatic carbocycles. The molecule has 0 radical (unpaired) electrons. The van der Waals surface area contributed by atoms with Gasteiger partial charge in [-0.25, -0.2) is 0 Å². The molecule has 1 fully saturated rings. The summed E-state index contributed by atoms with van der Waals surface area (Å²) >= 11 is 0. The Kier molecular flexibility index (Phi) is 5.59. The van der Waals surface area contributed by atoms with E-state index in [1.165, 1.54) is 18.2 Å². The van der Waals surface area contributed by atoms with Crippen LogP contribution in [-0.2, 0) is 9.53 Å². The van der Waals surface area contributed by atoms with Gasteiger partial charge in [-0.2, -0.15) is 0 Å². The van der Waals surface area contributed by atoms with Crippen molar-refractivity contribution in [3.63, 3.8) is 0 Å². The van der Waals surface area contributed by atoms with Crippen LogP contribution in [0.25, 0.3) is 6.08 Å². The van der Waals surface area contributed by atoms with Gasteiger partial charge >= 0.3 is 0 Å². The maximum Gasteiger partial charge on any atom is 0.269 e. The van der Waals surface area contributed by atoms with Crippen molar-refractivity contribution in [3.8, 4) is 0 Å². The van der Waals surface area contributed by atoms with Crippen molar-refractivity contribution < 1.29 is 14.5 Å². The summed E-state index contributed by atoms with van der Waals surface area (Å²) in [5.74, 6) is 0.0554. The molecular formula is C15H18N2O4. The molecule has 0 amide bonds. The molecular weight excluding hydrogens is 272 g/mol. The number of carbonyl (C=O) groups is 1. The zero-order valence-corrected chi connectivity index (χ0v) is 11.7. The molecule has 1 aliphatic heterocycles. The zero-order chi connectivity index (χ0) is 15.1. The molecule has 0 aliphatic carbocycles. The van der Waals surface area contributed by atoms with E-state index < -0.39 is 4.92 Å². The van der Waals surface area contributed by atoms with E-state index in [0.717, 1.165) is 38.4 Å². The highest BCUT2D eigenvalue weighted by Gasteiger charge is 2.10. The van der Waals surface area contributed by atoms with Gasteiger partial charge < -0.3 is 4.74 Å². The monoisotopic (exact) mass is 290 g/mol. The number of hydrogen-bond acceptors (Lipinski definition) is 5. The van der Waals surface area contributed by atoms with Crippen molar-refractivity contribution in [2.45, 2.75) is 6.42 Å². The summed E-state index contributed by atoms with van der Waals surface area (Å²) in [5, 5.41) is 10.5. The summed E-state index contributed by atoms with van der Waals surface area (Å²) in [4.78, 5) is 24.1. The summed E-state index contributed by atoms with van der Waals surface area (Å²) in [6.07, 6.45) is 3.69. The fraction of sp³-hybridized carbons (Fsp3) is 0.400. The number of morpholine rings is 1. The van der Waals surface area contributed by atoms with E-state index in [1.54, 1.807) is 18.2 Å². The Morgan fingerprint density at radius 2 is 1.95 bits per heavy atom. The molecule has 1 aliphatic rings. The highest BCUT2D eigenvalue weighted by molar-refractivity contribution is 5.93. The first-order chi connectivity index (χ1) is 10.1. The lowest BCUT2D eigenvalue weighted by atomic mass is 10.1. The van der Waals surface area contributed by atoms with Crippen LogP contribution in [-0.4, -0.2) is 48.5 Å². The Labute approximate surface area is 123 Å². The second-order valence-electron chi connectivity index (χ2n) is 4.85. The van der Waals surface area contributed by atoms with Crippen LogP contribution in [0.4, 0.5) is 5.69 Å². The van der Waals surface area contributed by atoms with E-state index in [4.69, 9.17) is 4.74 Å². The number of rotatable bonds is 6. The SMILES string of the molecule is O=C(/C=C/c1ccc([N+](=O)[O-])cc1)CCN1CCOCC1. The average Bonchev–Trinajstić information content (AvgIpc) is 2.52. The number of nitro benzene ring substituents is 1. The number of ketones is 1. The topological polar surface area (TPSA) is 72.7 Å². The lowest BCUT2D eigenvalue weighted by molar-refractivity contribution is -0.384. The minimum atomic E-state index is -0.443. The highest BCUT2D eigenvalue weighted by atomic mass is 16.6. The van der Waals surface area contributed by atoms with Gasteiger partial charge in [-0.1, -0.05) is 6.08 Å². The molecule has 0 unspecified atom stereocenters. The minimum Gasteiger partial charge on any atom is -0.379 e. The van der Waals surface area contributed by atoms with Gasteiger partial charge in [-0.15, -0.1) is 0 Å². The van der Waals surface area contributed by atoms with E-state index in [1.807, 2.05) is 0 Å². The molecule has 21 heavy (non-hydrogen) atoms. The molecule has 2 rings (SSSR count). The smallest absolute Gasteiger partial charge is 0.269 e. The fourth-order valence-electron chi connectivity index (χ4n) is 2.07. The fourth-order valence-corrected chi connectivity index (χ4v) is 2.07. The molecule has 6 nitrogen and oxygen atoms in total. The van der Waals surface area contributed by atoms with Gasteiger partial charge in [-0.05, 0) is 23.8 Å². The summed E-state index contributed by atoms with van der Waals surface area (Å²) < 4.78 is 5.25. The predicted molar refractivity (Wildman–Crippen MR) is 79.0 cm³/mol. The van der Waals surface area contributed by atoms with Crippen LogP contribution in [0.2, 0.25) is 0 Å². The first-order valence-corrected chi connectivity index (χ1v) is 6.90. The Morgan fingerprint density at radius 1 is 1.29 bits per heavy atom. The number of nitrogens with zero attached hydrogens (tertiary/aromatic N) is 2. The largest absolute Gasteiger partial charge is 0.379 e. The third kappa shape index (κ3) is 5.09. The third-order valence-corrected chi connectivity index (χ3v) is 3.34. The number of allylic oxidation sites excluding steroid dienone is 1. The van der Waals surface area contributed by atoms with Crippen LogP contribution < -0.4 is 0 Å². The Morgan fingerprint density at radius 3 is 2.57 bits per heavy atom. The van der Waals surface area contributed by atoms with Gasteiger partial charge in [0.1, 0.15) is 0 Å². The van der Waals surface area contributed by atoms with Crippen molar-refractivity contribution in [1.29, 1.82) is 0 Å². The molecule has 0 spiro atoms. The highest BCUT2D eigenvalue weighted by Crippen LogP contribution is 2.13. The van der Waals surface area contributed by atoms with E-state index in [0.29, 0.717) is 6.42 Å². The van der Waals surface area contributed by atoms with Crippen LogP contribution in [0.5, 0.6) is 0 Å². The Balaban J connectivity index is 1.79. The summed E-state index contributed by atoms with van der Waals surface area (Å²) in [6, 6.07) is 6.11. The normalized spacial score (nSPS) is 16.2. The maximum atomic E-state index is 11.8. The zero-order valence-electron chi connectivity index (χ0n) is 11.7. The van der Waals surface area contributed by atoms with Gasteiger partial charge in [-0.3, -0.25) is 19.8 Å². The number of benzene rings is 1. The van der Waals surface area contributed by atoms with Gasteiger partial charge in [0.25, 0.3) is 5.69 Å². The molecule has 0 atom stereocenters. The lowest BCUT2D eigenvalue weighted by Crippen LogP contribution is -2.37. The van der Waals surface area contributed by atoms with Gasteiger partial charge in [0.05, 0.1) is 18.1 Å². The molecule has 112 valence electrons. The van der Waals surface area contributed by atoms with Crippen LogP contribution in [0.3, 0.4) is 0 Å². The second-order valence-corrected chi connectivity index (χ2v) is 4.85. The van der Waals surface area contributed by atoms with Crippen LogP contribution in [0.1, 0.15) is 12.0 Å². The number of nitro groups is 1. The van der Waals surface area contributed by atoms with E-state index >= 15 is 0 Å². The van der Waals surface area contributed by atoms with Crippen molar-refractivity contribution in [2.75, 3.05) is 32.8 Å². The van der Waals surface area contributed by atoms with Gasteiger partial charge in [0, 0.05) is 38.2 Å². The summed E-state index contributed by atoms with van der Waals surface area (Å²) in [7, 11) is 0. The molecule has 1 saturated heterocycles. The number of hydrogen-bond donors (Lipinski definition) is 0. The van der Waals surface area contributed by atoms with Gasteiger partial charge in [0.15, 0.2) is 5.78 Å². The first-order valence-electron chi connectivity index (χ1n) is 6.90. The Hall–Kier alpha value is -2.05. The van der Waals surface area contributed by atoms with Crippen LogP contribution in [0.15, 0.2) is 30.3 Å². The van der Waals surface area contributed by atoms with E-state index in [9.17, 15) is 14.9 Å². The minimum absolute atomic E-state index is 0.0470. The lowest BCUT2D eigenvalue weighted by Gasteiger charge is -2.25. The van der Waals surface area contributed by atoms with Crippen molar-refractivity contribution in [3.05, 3.63) is 46.0 Å². The molecule has 0 saturated carbocycles. The van der Waals surface area contributed by atoms with E-state index in [-0.39, 0.29) is 11.5 Å². The maximum absolute atomic E-state index is 11.8. The molecule has 0 aromatic heterocycles. The summed E-state index contributed by atoms with van der Waals surface area (Å²) in [6.45, 7) is 3.95. The second kappa shape index (κ2) is 7.66. The standard InChI is InChI=1S/C15H18N2O4/c18-15(7-8-16-9-11-21-12-10-16)6-3-13-1-4-14(5-2-13)17(19)20/h1-6H,7-12H2/b6-3+. The number of ether oxygens (including phenoxy) is 1. The molecule has 1 heterocycles. The van der Waals surface area contributed by atoms with Crippen molar-refractivity contribution >= 4 is 17.5 Å². The van der Waals surface area contributed by atoms with Gasteiger partial charge in [0.2, 0.25) is 0 Å². The average molecular weight is 290 g/mol. The molecule has 0 N–H and O–H groups in total. The first kappa shape index (κ1) is 15.3. The van der Waals surface area contributed by atoms with E-state index in [2.05, 4.69) is 4.90 Å². The molecule has 6 heteroatoms. The molecule has 0 bridgehead atoms. The van der Waals surface area contributed by atoms with Crippen molar-refractivity contribution in [2.24, 2.45) is 0 Å². The molecule has 1 aromatic rings. The van der Waals surface area contributed by atoms with Crippen LogP contribution in [0, 0.1) is 10.1 Å². The quantitative estimate of drug-likeness (QED) is 0.454. The predicted octanol–water partition coefficient (Wildman–Crippen LogP) is 1.90. The van der Waals surface area contributed by atoms with Crippen molar-refractivity contribution in [1.82, 2.24) is 4.90 Å². The van der Waals surface area contributed by atoms with Crippen LogP contribution >= 0.6 is 0 Å².